The number of carbonyl (C=O) groups excluding carboxylic acids is 1. The van der Waals surface area contributed by atoms with E-state index in [-0.39, 0.29) is 12.2 Å². The Kier molecular flexibility index (Phi) is 4.62. The Morgan fingerprint density at radius 1 is 1.41 bits per heavy atom. The zero-order valence-electron chi connectivity index (χ0n) is 10.6. The molecule has 2 fully saturated rings. The summed E-state index contributed by atoms with van der Waals surface area (Å²) in [5.74, 6) is 0.744. The lowest BCUT2D eigenvalue weighted by molar-refractivity contribution is 0.101. The molecule has 2 unspecified atom stereocenters. The lowest BCUT2D eigenvalue weighted by Crippen LogP contribution is -2.41. The molecule has 2 rings (SSSR count). The maximum absolute atomic E-state index is 11.0. The summed E-state index contributed by atoms with van der Waals surface area (Å²) in [6.07, 6.45) is 2.35. The first-order valence-corrected chi connectivity index (χ1v) is 6.65. The molecule has 5 heteroatoms. The largest absolute Gasteiger partial charge is 0.443 e. The van der Waals surface area contributed by atoms with Crippen LogP contribution >= 0.6 is 0 Å². The predicted octanol–water partition coefficient (Wildman–Crippen LogP) is 0.416. The van der Waals surface area contributed by atoms with Crippen LogP contribution in [0.2, 0.25) is 0 Å². The standard InChI is InChI=1S/C12H23N3O2/c1-2-15(8-10-4-3-5-13-6-10)9-11-7-14-12(16)17-11/h10-11,13H,2-9H2,1H3,(H,14,16). The van der Waals surface area contributed by atoms with Crippen molar-refractivity contribution >= 4 is 6.09 Å². The minimum absolute atomic E-state index is 0.0269. The summed E-state index contributed by atoms with van der Waals surface area (Å²) in [4.78, 5) is 13.3. The molecule has 2 aliphatic rings. The van der Waals surface area contributed by atoms with E-state index in [1.54, 1.807) is 0 Å². The Bertz CT molecular complexity index is 254. The molecule has 0 radical (unpaired) electrons. The average molecular weight is 241 g/mol. The quantitative estimate of drug-likeness (QED) is 0.732. The highest BCUT2D eigenvalue weighted by molar-refractivity contribution is 5.69. The lowest BCUT2D eigenvalue weighted by atomic mass is 9.99. The van der Waals surface area contributed by atoms with Gasteiger partial charge in [-0.3, -0.25) is 4.90 Å². The van der Waals surface area contributed by atoms with Crippen LogP contribution in [0.5, 0.6) is 0 Å². The SMILES string of the molecule is CCN(CC1CCCNC1)CC1CNC(=O)O1. The molecule has 0 saturated carbocycles. The molecule has 98 valence electrons. The number of piperidine rings is 1. The van der Waals surface area contributed by atoms with Gasteiger partial charge < -0.3 is 15.4 Å². The van der Waals surface area contributed by atoms with Crippen LogP contribution < -0.4 is 10.6 Å². The number of nitrogens with one attached hydrogen (secondary N) is 2. The number of nitrogens with zero attached hydrogens (tertiary/aromatic N) is 1. The maximum atomic E-state index is 11.0. The maximum Gasteiger partial charge on any atom is 0.407 e. The molecule has 0 spiro atoms. The first kappa shape index (κ1) is 12.6. The van der Waals surface area contributed by atoms with Crippen molar-refractivity contribution in [2.45, 2.75) is 25.9 Å². The van der Waals surface area contributed by atoms with Crippen molar-refractivity contribution in [1.82, 2.24) is 15.5 Å². The van der Waals surface area contributed by atoms with E-state index < -0.39 is 0 Å². The molecule has 0 aromatic rings. The topological polar surface area (TPSA) is 53.6 Å². The van der Waals surface area contributed by atoms with Crippen molar-refractivity contribution in [3.63, 3.8) is 0 Å². The fourth-order valence-corrected chi connectivity index (χ4v) is 2.60. The second kappa shape index (κ2) is 6.21. The predicted molar refractivity (Wildman–Crippen MR) is 66.0 cm³/mol. The van der Waals surface area contributed by atoms with E-state index in [0.29, 0.717) is 6.54 Å². The van der Waals surface area contributed by atoms with E-state index in [0.717, 1.165) is 38.6 Å². The fraction of sp³-hybridized carbons (Fsp3) is 0.917. The van der Waals surface area contributed by atoms with E-state index in [1.165, 1.54) is 12.8 Å². The van der Waals surface area contributed by atoms with Crippen LogP contribution in [0.4, 0.5) is 4.79 Å². The Balaban J connectivity index is 1.73. The molecule has 2 N–H and O–H groups in total. The monoisotopic (exact) mass is 241 g/mol. The molecule has 2 atom stereocenters. The van der Waals surface area contributed by atoms with Crippen LogP contribution in [0.25, 0.3) is 0 Å². The minimum atomic E-state index is -0.273. The summed E-state index contributed by atoms with van der Waals surface area (Å²) < 4.78 is 5.18. The summed E-state index contributed by atoms with van der Waals surface area (Å²) >= 11 is 0. The molecule has 2 heterocycles. The van der Waals surface area contributed by atoms with Crippen LogP contribution in [-0.2, 0) is 4.74 Å². The van der Waals surface area contributed by atoms with Gasteiger partial charge in [-0.1, -0.05) is 6.92 Å². The van der Waals surface area contributed by atoms with Crippen molar-refractivity contribution < 1.29 is 9.53 Å². The van der Waals surface area contributed by atoms with Crippen LogP contribution in [-0.4, -0.2) is 56.4 Å². The third-order valence-corrected chi connectivity index (χ3v) is 3.57. The van der Waals surface area contributed by atoms with Crippen molar-refractivity contribution in [1.29, 1.82) is 0 Å². The number of hydrogen-bond acceptors (Lipinski definition) is 4. The first-order valence-electron chi connectivity index (χ1n) is 6.65. The summed E-state index contributed by atoms with van der Waals surface area (Å²) in [5.41, 5.74) is 0. The van der Waals surface area contributed by atoms with Crippen LogP contribution in [0, 0.1) is 5.92 Å². The molecule has 0 aromatic carbocycles. The molecule has 0 aliphatic carbocycles. The smallest absolute Gasteiger partial charge is 0.407 e. The highest BCUT2D eigenvalue weighted by Gasteiger charge is 2.25. The van der Waals surface area contributed by atoms with Crippen molar-refractivity contribution in [2.24, 2.45) is 5.92 Å². The van der Waals surface area contributed by atoms with Crippen molar-refractivity contribution in [3.8, 4) is 0 Å². The molecule has 17 heavy (non-hydrogen) atoms. The summed E-state index contributed by atoms with van der Waals surface area (Å²) in [6.45, 7) is 8.08. The Hall–Kier alpha value is -0.810. The minimum Gasteiger partial charge on any atom is -0.443 e. The number of rotatable bonds is 5. The number of cyclic esters (lactones) is 1. The third kappa shape index (κ3) is 3.85. The van der Waals surface area contributed by atoms with Gasteiger partial charge in [-0.2, -0.15) is 0 Å². The molecule has 2 aliphatic heterocycles. The number of likely N-dealkylation sites (N-methyl/N-ethyl adjacent to an activating group) is 1. The summed E-state index contributed by atoms with van der Waals surface area (Å²) in [5, 5.41) is 6.14. The zero-order valence-corrected chi connectivity index (χ0v) is 10.6. The van der Waals surface area contributed by atoms with Gasteiger partial charge in [0.25, 0.3) is 0 Å². The first-order chi connectivity index (χ1) is 8.28. The highest BCUT2D eigenvalue weighted by atomic mass is 16.6. The number of ether oxygens (including phenoxy) is 1. The van der Waals surface area contributed by atoms with Gasteiger partial charge in [0, 0.05) is 13.1 Å². The zero-order chi connectivity index (χ0) is 12.1. The Morgan fingerprint density at radius 3 is 2.88 bits per heavy atom. The fourth-order valence-electron chi connectivity index (χ4n) is 2.60. The lowest BCUT2D eigenvalue weighted by Gasteiger charge is -2.30. The molecule has 0 bridgehead atoms. The Labute approximate surface area is 103 Å². The van der Waals surface area contributed by atoms with E-state index in [2.05, 4.69) is 22.5 Å². The van der Waals surface area contributed by atoms with Crippen LogP contribution in [0.1, 0.15) is 19.8 Å². The van der Waals surface area contributed by atoms with Gasteiger partial charge in [0.05, 0.1) is 6.54 Å². The number of alkyl carbamates (subject to hydrolysis) is 1. The van der Waals surface area contributed by atoms with Crippen LogP contribution in [0.15, 0.2) is 0 Å². The molecule has 0 aromatic heterocycles. The Morgan fingerprint density at radius 2 is 2.29 bits per heavy atom. The molecular formula is C12H23N3O2. The van der Waals surface area contributed by atoms with Gasteiger partial charge in [-0.15, -0.1) is 0 Å². The van der Waals surface area contributed by atoms with E-state index >= 15 is 0 Å². The van der Waals surface area contributed by atoms with Crippen molar-refractivity contribution in [3.05, 3.63) is 0 Å². The second-order valence-corrected chi connectivity index (χ2v) is 4.97. The second-order valence-electron chi connectivity index (χ2n) is 4.97. The molecule has 5 nitrogen and oxygen atoms in total. The van der Waals surface area contributed by atoms with E-state index in [1.807, 2.05) is 0 Å². The van der Waals surface area contributed by atoms with Gasteiger partial charge in [-0.25, -0.2) is 4.79 Å². The van der Waals surface area contributed by atoms with Crippen molar-refractivity contribution in [2.75, 3.05) is 39.3 Å². The number of hydrogen-bond donors (Lipinski definition) is 2. The normalized spacial score (nSPS) is 29.2. The van der Waals surface area contributed by atoms with Gasteiger partial charge in [-0.05, 0) is 38.4 Å². The average Bonchev–Trinajstić information content (AvgIpc) is 2.75. The number of carbonyl (C=O) groups is 1. The van der Waals surface area contributed by atoms with E-state index in [9.17, 15) is 4.79 Å². The molecule has 2 saturated heterocycles. The molecule has 1 amide bonds. The van der Waals surface area contributed by atoms with Gasteiger partial charge >= 0.3 is 6.09 Å². The highest BCUT2D eigenvalue weighted by Crippen LogP contribution is 2.13. The number of amides is 1. The summed E-state index contributed by atoms with van der Waals surface area (Å²) in [6, 6.07) is 0. The molecular weight excluding hydrogens is 218 g/mol. The van der Waals surface area contributed by atoms with Crippen LogP contribution in [0.3, 0.4) is 0 Å². The van der Waals surface area contributed by atoms with Gasteiger partial charge in [0.2, 0.25) is 0 Å². The van der Waals surface area contributed by atoms with Gasteiger partial charge in [0.1, 0.15) is 6.10 Å². The summed E-state index contributed by atoms with van der Waals surface area (Å²) in [7, 11) is 0. The van der Waals surface area contributed by atoms with Gasteiger partial charge in [0.15, 0.2) is 0 Å². The van der Waals surface area contributed by atoms with E-state index in [4.69, 9.17) is 4.74 Å². The third-order valence-electron chi connectivity index (χ3n) is 3.57.